The van der Waals surface area contributed by atoms with Crippen molar-refractivity contribution >= 4 is 17.1 Å². The monoisotopic (exact) mass is 358 g/mol. The van der Waals surface area contributed by atoms with Gasteiger partial charge < -0.3 is 14.2 Å². The second-order valence-corrected chi connectivity index (χ2v) is 5.49. The molecule has 0 aliphatic rings. The predicted octanol–water partition coefficient (Wildman–Crippen LogP) is 4.69. The Kier molecular flexibility index (Phi) is 7.36. The van der Waals surface area contributed by atoms with E-state index in [1.807, 2.05) is 37.3 Å². The summed E-state index contributed by atoms with van der Waals surface area (Å²) >= 11 is 0. The quantitative estimate of drug-likeness (QED) is 0.297. The van der Waals surface area contributed by atoms with Crippen molar-refractivity contribution in [2.45, 2.75) is 20.3 Å². The second kappa shape index (κ2) is 9.73. The molecule has 0 spiro atoms. The average Bonchev–Trinajstić information content (AvgIpc) is 2.66. The van der Waals surface area contributed by atoms with Crippen LogP contribution in [0.25, 0.3) is 11.1 Å². The number of methoxy groups -OCH3 is 1. The molecular formula is C21H23FO4. The van der Waals surface area contributed by atoms with Gasteiger partial charge in [-0.25, -0.2) is 9.18 Å². The summed E-state index contributed by atoms with van der Waals surface area (Å²) in [6.45, 7) is 3.88. The molecule has 0 fully saturated rings. The molecule has 5 heteroatoms. The highest BCUT2D eigenvalue weighted by Crippen LogP contribution is 2.32. The summed E-state index contributed by atoms with van der Waals surface area (Å²) in [6, 6.07) is 14.0. The van der Waals surface area contributed by atoms with Crippen molar-refractivity contribution in [3.63, 3.8) is 0 Å². The van der Waals surface area contributed by atoms with Crippen molar-refractivity contribution in [2.24, 2.45) is 0 Å². The Balaban J connectivity index is 2.56. The van der Waals surface area contributed by atoms with Crippen LogP contribution in [0.15, 0.2) is 48.5 Å². The van der Waals surface area contributed by atoms with E-state index in [1.54, 1.807) is 13.0 Å². The molecule has 0 bridgehead atoms. The predicted molar refractivity (Wildman–Crippen MR) is 99.1 cm³/mol. The topological polar surface area (TPSA) is 44.8 Å². The highest BCUT2D eigenvalue weighted by atomic mass is 19.1. The lowest BCUT2D eigenvalue weighted by atomic mass is 9.92. The number of hydrogen-bond donors (Lipinski definition) is 0. The number of hydrogen-bond acceptors (Lipinski definition) is 4. The smallest absolute Gasteiger partial charge is 0.339 e. The van der Waals surface area contributed by atoms with Gasteiger partial charge in [-0.2, -0.15) is 0 Å². The zero-order chi connectivity index (χ0) is 18.9. The van der Waals surface area contributed by atoms with E-state index in [0.29, 0.717) is 17.6 Å². The summed E-state index contributed by atoms with van der Waals surface area (Å²) in [5.41, 5.74) is 2.51. The molecule has 0 saturated heterocycles. The van der Waals surface area contributed by atoms with Gasteiger partial charge in [0, 0.05) is 7.11 Å². The van der Waals surface area contributed by atoms with Crippen LogP contribution in [0.4, 0.5) is 4.39 Å². The largest absolute Gasteiger partial charge is 0.464 e. The third-order valence-corrected chi connectivity index (χ3v) is 3.81. The fourth-order valence-electron chi connectivity index (χ4n) is 2.68. The summed E-state index contributed by atoms with van der Waals surface area (Å²) in [7, 11) is 1.46. The zero-order valence-corrected chi connectivity index (χ0v) is 15.3. The first-order valence-electron chi connectivity index (χ1n) is 8.49. The first-order chi connectivity index (χ1) is 12.6. The van der Waals surface area contributed by atoms with Gasteiger partial charge in [-0.1, -0.05) is 43.3 Å². The van der Waals surface area contributed by atoms with Gasteiger partial charge in [0.1, 0.15) is 0 Å². The lowest BCUT2D eigenvalue weighted by molar-refractivity contribution is -0.136. The fraction of sp³-hybridized carbons (Fsp3) is 0.286. The van der Waals surface area contributed by atoms with Gasteiger partial charge >= 0.3 is 5.97 Å². The van der Waals surface area contributed by atoms with E-state index in [9.17, 15) is 9.18 Å². The van der Waals surface area contributed by atoms with Crippen molar-refractivity contribution in [3.8, 4) is 5.75 Å². The number of rotatable bonds is 8. The molecule has 0 amide bonds. The zero-order valence-electron chi connectivity index (χ0n) is 15.3. The molecule has 2 aromatic carbocycles. The molecule has 0 unspecified atom stereocenters. The van der Waals surface area contributed by atoms with Crippen molar-refractivity contribution in [3.05, 3.63) is 65.5 Å². The van der Waals surface area contributed by atoms with E-state index in [0.717, 1.165) is 11.1 Å². The first kappa shape index (κ1) is 19.7. The molecule has 4 nitrogen and oxygen atoms in total. The van der Waals surface area contributed by atoms with Crippen molar-refractivity contribution in [1.29, 1.82) is 0 Å². The van der Waals surface area contributed by atoms with E-state index >= 15 is 0 Å². The highest BCUT2D eigenvalue weighted by molar-refractivity contribution is 6.24. The normalized spacial score (nSPS) is 11.7. The molecule has 0 saturated carbocycles. The second-order valence-electron chi connectivity index (χ2n) is 5.49. The van der Waals surface area contributed by atoms with E-state index in [-0.39, 0.29) is 19.1 Å². The number of ether oxygens (including phenoxy) is 3. The van der Waals surface area contributed by atoms with Crippen molar-refractivity contribution in [1.82, 2.24) is 0 Å². The van der Waals surface area contributed by atoms with Gasteiger partial charge in [-0.05, 0) is 42.2 Å². The molecule has 138 valence electrons. The number of carbonyl (C=O) groups excluding carboxylic acids is 1. The number of carbonyl (C=O) groups is 1. The van der Waals surface area contributed by atoms with Crippen molar-refractivity contribution in [2.75, 3.05) is 20.5 Å². The molecule has 2 aromatic rings. The molecule has 26 heavy (non-hydrogen) atoms. The Morgan fingerprint density at radius 2 is 1.77 bits per heavy atom. The number of halogens is 1. The Hall–Kier alpha value is -2.66. The minimum atomic E-state index is -0.565. The third-order valence-electron chi connectivity index (χ3n) is 3.81. The molecule has 2 rings (SSSR count). The molecule has 0 heterocycles. The van der Waals surface area contributed by atoms with Gasteiger partial charge in [-0.3, -0.25) is 0 Å². The molecular weight excluding hydrogens is 335 g/mol. The summed E-state index contributed by atoms with van der Waals surface area (Å²) in [4.78, 5) is 12.6. The Morgan fingerprint density at radius 3 is 2.35 bits per heavy atom. The summed E-state index contributed by atoms with van der Waals surface area (Å²) in [5.74, 6) is -0.973. The maximum absolute atomic E-state index is 14.4. The molecule has 0 radical (unpaired) electrons. The fourth-order valence-corrected chi connectivity index (χ4v) is 2.68. The SMILES string of the molecule is CCOC(=O)C(=C(CC)c1ccccc1)c1ccc(OCOC)c(F)c1. The Bertz CT molecular complexity index is 769. The van der Waals surface area contributed by atoms with E-state index in [1.165, 1.54) is 19.2 Å². The maximum Gasteiger partial charge on any atom is 0.339 e. The van der Waals surface area contributed by atoms with Crippen LogP contribution in [0.2, 0.25) is 0 Å². The summed E-state index contributed by atoms with van der Waals surface area (Å²) in [5, 5.41) is 0. The minimum Gasteiger partial charge on any atom is -0.464 e. The number of esters is 1. The van der Waals surface area contributed by atoms with Crippen LogP contribution in [-0.2, 0) is 14.3 Å². The lowest BCUT2D eigenvalue weighted by Gasteiger charge is -2.15. The first-order valence-corrected chi connectivity index (χ1v) is 8.49. The maximum atomic E-state index is 14.4. The Morgan fingerprint density at radius 1 is 1.04 bits per heavy atom. The standard InChI is InChI=1S/C21H23FO4/c1-4-17(15-9-7-6-8-10-15)20(21(23)25-5-2)16-11-12-19(18(22)13-16)26-14-24-3/h6-13H,4-5,14H2,1-3H3. The van der Waals surface area contributed by atoms with Crippen LogP contribution in [0, 0.1) is 5.82 Å². The highest BCUT2D eigenvalue weighted by Gasteiger charge is 2.20. The van der Waals surface area contributed by atoms with Crippen LogP contribution in [0.1, 0.15) is 31.4 Å². The van der Waals surface area contributed by atoms with Crippen LogP contribution in [-0.4, -0.2) is 26.5 Å². The van der Waals surface area contributed by atoms with E-state index in [2.05, 4.69) is 0 Å². The summed E-state index contributed by atoms with van der Waals surface area (Å²) in [6.07, 6.45) is 0.599. The van der Waals surface area contributed by atoms with E-state index < -0.39 is 11.8 Å². The van der Waals surface area contributed by atoms with Gasteiger partial charge in [0.25, 0.3) is 0 Å². The van der Waals surface area contributed by atoms with Crippen LogP contribution < -0.4 is 4.74 Å². The molecule has 0 atom stereocenters. The third kappa shape index (κ3) is 4.70. The van der Waals surface area contributed by atoms with Crippen LogP contribution in [0.5, 0.6) is 5.75 Å². The van der Waals surface area contributed by atoms with Crippen LogP contribution in [0.3, 0.4) is 0 Å². The molecule has 0 N–H and O–H groups in total. The lowest BCUT2D eigenvalue weighted by Crippen LogP contribution is -2.10. The molecule has 0 aliphatic heterocycles. The molecule has 0 aromatic heterocycles. The van der Waals surface area contributed by atoms with E-state index in [4.69, 9.17) is 14.2 Å². The number of benzene rings is 2. The minimum absolute atomic E-state index is 0.0545. The molecule has 0 aliphatic carbocycles. The average molecular weight is 358 g/mol. The van der Waals surface area contributed by atoms with Gasteiger partial charge in [0.05, 0.1) is 12.2 Å². The van der Waals surface area contributed by atoms with Gasteiger partial charge in [-0.15, -0.1) is 0 Å². The van der Waals surface area contributed by atoms with Gasteiger partial charge in [0.2, 0.25) is 0 Å². The van der Waals surface area contributed by atoms with Crippen LogP contribution >= 0.6 is 0 Å². The van der Waals surface area contributed by atoms with Crippen molar-refractivity contribution < 1.29 is 23.4 Å². The van der Waals surface area contributed by atoms with Gasteiger partial charge in [0.15, 0.2) is 18.4 Å². The Labute approximate surface area is 153 Å². The summed E-state index contributed by atoms with van der Waals surface area (Å²) < 4.78 is 29.6. The number of allylic oxidation sites excluding steroid dienone is 1.